The van der Waals surface area contributed by atoms with Crippen molar-refractivity contribution >= 4 is 5.69 Å². The molecule has 0 saturated carbocycles. The van der Waals surface area contributed by atoms with Crippen molar-refractivity contribution in [3.05, 3.63) is 52.8 Å². The molecule has 0 atom stereocenters. The number of rotatable bonds is 6. The van der Waals surface area contributed by atoms with E-state index in [0.29, 0.717) is 0 Å². The molecule has 0 aliphatic heterocycles. The molecule has 0 fully saturated rings. The van der Waals surface area contributed by atoms with E-state index in [-0.39, 0.29) is 6.61 Å². The van der Waals surface area contributed by atoms with Crippen molar-refractivity contribution in [3.63, 3.8) is 0 Å². The SMILES string of the molecule is Cc1cc(CNc2cccc(CCCO)c2)c(C)n1C. The number of anilines is 1. The fourth-order valence-corrected chi connectivity index (χ4v) is 2.43. The van der Waals surface area contributed by atoms with Crippen molar-refractivity contribution in [2.75, 3.05) is 11.9 Å². The summed E-state index contributed by atoms with van der Waals surface area (Å²) >= 11 is 0. The van der Waals surface area contributed by atoms with Gasteiger partial charge in [0.25, 0.3) is 0 Å². The Bertz CT molecular complexity index is 572. The van der Waals surface area contributed by atoms with Crippen LogP contribution in [-0.2, 0) is 20.0 Å². The second-order valence-electron chi connectivity index (χ2n) is 5.34. The lowest BCUT2D eigenvalue weighted by Crippen LogP contribution is -2.02. The number of aliphatic hydroxyl groups excluding tert-OH is 1. The lowest BCUT2D eigenvalue weighted by molar-refractivity contribution is 0.288. The zero-order valence-corrected chi connectivity index (χ0v) is 12.6. The summed E-state index contributed by atoms with van der Waals surface area (Å²) < 4.78 is 2.22. The highest BCUT2D eigenvalue weighted by molar-refractivity contribution is 5.46. The highest BCUT2D eigenvalue weighted by atomic mass is 16.2. The number of hydrogen-bond donors (Lipinski definition) is 2. The minimum absolute atomic E-state index is 0.250. The van der Waals surface area contributed by atoms with E-state index in [4.69, 9.17) is 5.11 Å². The van der Waals surface area contributed by atoms with Gasteiger partial charge in [-0.3, -0.25) is 0 Å². The van der Waals surface area contributed by atoms with Crippen LogP contribution >= 0.6 is 0 Å². The number of benzene rings is 1. The maximum atomic E-state index is 8.89. The Hall–Kier alpha value is -1.74. The zero-order valence-electron chi connectivity index (χ0n) is 12.6. The normalized spacial score (nSPS) is 10.8. The summed E-state index contributed by atoms with van der Waals surface area (Å²) in [4.78, 5) is 0. The molecule has 1 heterocycles. The van der Waals surface area contributed by atoms with Gasteiger partial charge < -0.3 is 15.0 Å². The average Bonchev–Trinajstić information content (AvgIpc) is 2.71. The monoisotopic (exact) mass is 272 g/mol. The predicted molar refractivity (Wildman–Crippen MR) is 84.1 cm³/mol. The summed E-state index contributed by atoms with van der Waals surface area (Å²) in [7, 11) is 2.10. The lowest BCUT2D eigenvalue weighted by atomic mass is 10.1. The molecule has 0 radical (unpaired) electrons. The molecule has 1 aromatic heterocycles. The first-order valence-electron chi connectivity index (χ1n) is 7.17. The van der Waals surface area contributed by atoms with Crippen LogP contribution < -0.4 is 5.32 Å². The van der Waals surface area contributed by atoms with Gasteiger partial charge in [-0.05, 0) is 56.0 Å². The van der Waals surface area contributed by atoms with Gasteiger partial charge in [-0.1, -0.05) is 12.1 Å². The summed E-state index contributed by atoms with van der Waals surface area (Å²) in [5.74, 6) is 0. The maximum Gasteiger partial charge on any atom is 0.0434 e. The standard InChI is InChI=1S/C17H24N2O/c1-13-10-16(14(2)19(13)3)12-18-17-8-4-6-15(11-17)7-5-9-20/h4,6,8,10-11,18,20H,5,7,9,12H2,1-3H3. The highest BCUT2D eigenvalue weighted by Crippen LogP contribution is 2.17. The summed E-state index contributed by atoms with van der Waals surface area (Å²) in [5, 5.41) is 12.4. The summed E-state index contributed by atoms with van der Waals surface area (Å²) in [5.41, 5.74) is 6.35. The van der Waals surface area contributed by atoms with Crippen molar-refractivity contribution in [2.24, 2.45) is 7.05 Å². The van der Waals surface area contributed by atoms with Gasteiger partial charge in [0.05, 0.1) is 0 Å². The summed E-state index contributed by atoms with van der Waals surface area (Å²) in [6, 6.07) is 10.7. The van der Waals surface area contributed by atoms with Crippen molar-refractivity contribution in [2.45, 2.75) is 33.2 Å². The van der Waals surface area contributed by atoms with Gasteiger partial charge in [0.1, 0.15) is 0 Å². The van der Waals surface area contributed by atoms with E-state index in [9.17, 15) is 0 Å². The molecule has 0 aliphatic rings. The van der Waals surface area contributed by atoms with Crippen LogP contribution in [-0.4, -0.2) is 16.3 Å². The van der Waals surface area contributed by atoms with Gasteiger partial charge >= 0.3 is 0 Å². The Morgan fingerprint density at radius 3 is 2.65 bits per heavy atom. The van der Waals surface area contributed by atoms with Crippen LogP contribution in [0.5, 0.6) is 0 Å². The van der Waals surface area contributed by atoms with Crippen LogP contribution in [0.2, 0.25) is 0 Å². The van der Waals surface area contributed by atoms with Crippen molar-refractivity contribution in [1.82, 2.24) is 4.57 Å². The topological polar surface area (TPSA) is 37.2 Å². The molecule has 1 aromatic carbocycles. The quantitative estimate of drug-likeness (QED) is 0.847. The van der Waals surface area contributed by atoms with Crippen molar-refractivity contribution in [3.8, 4) is 0 Å². The van der Waals surface area contributed by atoms with E-state index in [2.05, 4.69) is 61.1 Å². The van der Waals surface area contributed by atoms with E-state index >= 15 is 0 Å². The fourth-order valence-electron chi connectivity index (χ4n) is 2.43. The molecule has 0 saturated heterocycles. The Balaban J connectivity index is 2.01. The van der Waals surface area contributed by atoms with Gasteiger partial charge in [0.15, 0.2) is 0 Å². The second-order valence-corrected chi connectivity index (χ2v) is 5.34. The molecule has 2 rings (SSSR count). The molecular weight excluding hydrogens is 248 g/mol. The third kappa shape index (κ3) is 3.42. The molecule has 0 unspecified atom stereocenters. The van der Waals surface area contributed by atoms with Crippen molar-refractivity contribution in [1.29, 1.82) is 0 Å². The molecule has 0 bridgehead atoms. The van der Waals surface area contributed by atoms with Crippen LogP contribution in [0, 0.1) is 13.8 Å². The van der Waals surface area contributed by atoms with Gasteiger partial charge in [-0.2, -0.15) is 0 Å². The van der Waals surface area contributed by atoms with E-state index < -0.39 is 0 Å². The first kappa shape index (κ1) is 14.7. The van der Waals surface area contributed by atoms with Crippen molar-refractivity contribution < 1.29 is 5.11 Å². The molecule has 0 amide bonds. The van der Waals surface area contributed by atoms with Gasteiger partial charge in [0, 0.05) is 37.3 Å². The number of aryl methyl sites for hydroxylation is 2. The molecule has 2 aromatic rings. The molecule has 0 aliphatic carbocycles. The number of hydrogen-bond acceptors (Lipinski definition) is 2. The van der Waals surface area contributed by atoms with Gasteiger partial charge in [-0.15, -0.1) is 0 Å². The minimum Gasteiger partial charge on any atom is -0.396 e. The summed E-state index contributed by atoms with van der Waals surface area (Å²) in [6.45, 7) is 5.38. The first-order valence-corrected chi connectivity index (χ1v) is 7.17. The lowest BCUT2D eigenvalue weighted by Gasteiger charge is -2.09. The minimum atomic E-state index is 0.250. The third-order valence-electron chi connectivity index (χ3n) is 3.91. The fraction of sp³-hybridized carbons (Fsp3) is 0.412. The molecule has 20 heavy (non-hydrogen) atoms. The average molecular weight is 272 g/mol. The molecule has 108 valence electrons. The highest BCUT2D eigenvalue weighted by Gasteiger charge is 2.05. The molecular formula is C17H24N2O. The van der Waals surface area contributed by atoms with Crippen LogP contribution in [0.3, 0.4) is 0 Å². The van der Waals surface area contributed by atoms with Crippen LogP contribution in [0.4, 0.5) is 5.69 Å². The largest absolute Gasteiger partial charge is 0.396 e. The number of nitrogens with zero attached hydrogens (tertiary/aromatic N) is 1. The van der Waals surface area contributed by atoms with Gasteiger partial charge in [0.2, 0.25) is 0 Å². The third-order valence-corrected chi connectivity index (χ3v) is 3.91. The smallest absolute Gasteiger partial charge is 0.0434 e. The molecule has 3 nitrogen and oxygen atoms in total. The van der Waals surface area contributed by atoms with E-state index in [0.717, 1.165) is 25.1 Å². The van der Waals surface area contributed by atoms with Crippen LogP contribution in [0.25, 0.3) is 0 Å². The number of nitrogens with one attached hydrogen (secondary N) is 1. The Labute approximate surface area is 121 Å². The number of aliphatic hydroxyl groups is 1. The maximum absolute atomic E-state index is 8.89. The molecule has 2 N–H and O–H groups in total. The Morgan fingerprint density at radius 2 is 2.00 bits per heavy atom. The predicted octanol–water partition coefficient (Wildman–Crippen LogP) is 3.18. The second kappa shape index (κ2) is 6.62. The van der Waals surface area contributed by atoms with E-state index in [1.54, 1.807) is 0 Å². The Kier molecular flexibility index (Phi) is 4.85. The van der Waals surface area contributed by atoms with E-state index in [1.165, 1.54) is 22.5 Å². The number of aromatic nitrogens is 1. The van der Waals surface area contributed by atoms with Crippen LogP contribution in [0.15, 0.2) is 30.3 Å². The molecule has 3 heteroatoms. The Morgan fingerprint density at radius 1 is 1.20 bits per heavy atom. The van der Waals surface area contributed by atoms with Gasteiger partial charge in [-0.25, -0.2) is 0 Å². The van der Waals surface area contributed by atoms with E-state index in [1.807, 2.05) is 0 Å². The summed E-state index contributed by atoms with van der Waals surface area (Å²) in [6.07, 6.45) is 1.75. The molecule has 0 spiro atoms. The first-order chi connectivity index (χ1) is 9.61. The van der Waals surface area contributed by atoms with Crippen LogP contribution in [0.1, 0.15) is 28.9 Å². The zero-order chi connectivity index (χ0) is 14.5.